The van der Waals surface area contributed by atoms with Gasteiger partial charge in [0.05, 0.1) is 6.61 Å². The van der Waals surface area contributed by atoms with Gasteiger partial charge in [-0.15, -0.1) is 0 Å². The molecule has 1 aromatic carbocycles. The molecule has 0 saturated carbocycles. The third-order valence-corrected chi connectivity index (χ3v) is 3.83. The van der Waals surface area contributed by atoms with Gasteiger partial charge in [-0.1, -0.05) is 33.2 Å². The zero-order valence-electron chi connectivity index (χ0n) is 11.3. The molecular weight excluding hydrogens is 322 g/mol. The molecule has 2 heterocycles. The minimum atomic E-state index is -0.100. The van der Waals surface area contributed by atoms with Crippen molar-refractivity contribution in [2.24, 2.45) is 0 Å². The fourth-order valence-corrected chi connectivity index (χ4v) is 2.56. The summed E-state index contributed by atoms with van der Waals surface area (Å²) < 4.78 is 11.9. The monoisotopic (exact) mass is 337 g/mol. The molecule has 0 bridgehead atoms. The van der Waals surface area contributed by atoms with Crippen LogP contribution in [0.5, 0.6) is 0 Å². The summed E-state index contributed by atoms with van der Waals surface area (Å²) >= 11 is 3.45. The van der Waals surface area contributed by atoms with Crippen molar-refractivity contribution in [2.45, 2.75) is 19.6 Å². The summed E-state index contributed by atoms with van der Waals surface area (Å²) in [6, 6.07) is 8.39. The van der Waals surface area contributed by atoms with Crippen LogP contribution in [0.4, 0.5) is 0 Å². The Morgan fingerprint density at radius 3 is 2.85 bits per heavy atom. The second-order valence-corrected chi connectivity index (χ2v) is 5.81. The topological polar surface area (TPSA) is 51.4 Å². The summed E-state index contributed by atoms with van der Waals surface area (Å²) in [5.41, 5.74) is 1.29. The molecule has 1 unspecified atom stereocenters. The molecule has 1 aromatic heterocycles. The van der Waals surface area contributed by atoms with Crippen molar-refractivity contribution in [3.05, 3.63) is 46.0 Å². The van der Waals surface area contributed by atoms with Crippen molar-refractivity contribution in [1.29, 1.82) is 0 Å². The number of halogens is 1. The van der Waals surface area contributed by atoms with Gasteiger partial charge in [-0.3, -0.25) is 4.90 Å². The maximum atomic E-state index is 5.73. The highest BCUT2D eigenvalue weighted by Gasteiger charge is 2.25. The average molecular weight is 338 g/mol. The lowest BCUT2D eigenvalue weighted by Crippen LogP contribution is -2.38. The molecule has 1 fully saturated rings. The molecule has 2 aromatic rings. The van der Waals surface area contributed by atoms with Crippen LogP contribution < -0.4 is 0 Å². The lowest BCUT2D eigenvalue weighted by Gasteiger charge is -2.31. The average Bonchev–Trinajstić information content (AvgIpc) is 2.89. The van der Waals surface area contributed by atoms with Crippen molar-refractivity contribution in [3.8, 4) is 0 Å². The van der Waals surface area contributed by atoms with Gasteiger partial charge in [0.1, 0.15) is 6.10 Å². The van der Waals surface area contributed by atoms with Crippen molar-refractivity contribution in [2.75, 3.05) is 19.7 Å². The fourth-order valence-electron chi connectivity index (χ4n) is 2.30. The zero-order valence-corrected chi connectivity index (χ0v) is 12.8. The van der Waals surface area contributed by atoms with E-state index in [1.165, 1.54) is 5.56 Å². The Bertz CT molecular complexity index is 570. The number of hydrogen-bond donors (Lipinski definition) is 0. The Kier molecular flexibility index (Phi) is 4.14. The second kappa shape index (κ2) is 6.03. The van der Waals surface area contributed by atoms with Gasteiger partial charge in [-0.25, -0.2) is 0 Å². The van der Waals surface area contributed by atoms with Gasteiger partial charge in [0.25, 0.3) is 0 Å². The molecule has 20 heavy (non-hydrogen) atoms. The predicted octanol–water partition coefficient (Wildman–Crippen LogP) is 2.71. The molecule has 1 aliphatic rings. The van der Waals surface area contributed by atoms with E-state index in [0.717, 1.165) is 24.1 Å². The fraction of sp³-hybridized carbons (Fsp3) is 0.429. The summed E-state index contributed by atoms with van der Waals surface area (Å²) in [6.07, 6.45) is -0.100. The van der Waals surface area contributed by atoms with E-state index in [1.54, 1.807) is 6.92 Å². The molecule has 0 spiro atoms. The number of nitrogens with zero attached hydrogens (tertiary/aromatic N) is 3. The van der Waals surface area contributed by atoms with Gasteiger partial charge in [-0.05, 0) is 17.7 Å². The van der Waals surface area contributed by atoms with E-state index >= 15 is 0 Å². The van der Waals surface area contributed by atoms with Crippen LogP contribution in [0.25, 0.3) is 0 Å². The summed E-state index contributed by atoms with van der Waals surface area (Å²) in [5, 5.41) is 3.95. The molecule has 0 amide bonds. The highest BCUT2D eigenvalue weighted by atomic mass is 79.9. The van der Waals surface area contributed by atoms with Gasteiger partial charge in [0, 0.05) is 31.0 Å². The van der Waals surface area contributed by atoms with Crippen LogP contribution in [0, 0.1) is 6.92 Å². The van der Waals surface area contributed by atoms with Crippen LogP contribution in [0.15, 0.2) is 33.3 Å². The molecule has 1 atom stereocenters. The van der Waals surface area contributed by atoms with Gasteiger partial charge in [0.2, 0.25) is 11.7 Å². The van der Waals surface area contributed by atoms with E-state index in [4.69, 9.17) is 9.26 Å². The molecule has 0 N–H and O–H groups in total. The smallest absolute Gasteiger partial charge is 0.223 e. The first-order valence-electron chi connectivity index (χ1n) is 6.59. The van der Waals surface area contributed by atoms with E-state index in [-0.39, 0.29) is 6.10 Å². The van der Waals surface area contributed by atoms with Gasteiger partial charge in [0.15, 0.2) is 0 Å². The number of aromatic nitrogens is 2. The van der Waals surface area contributed by atoms with Crippen LogP contribution in [-0.2, 0) is 11.3 Å². The number of aryl methyl sites for hydroxylation is 1. The van der Waals surface area contributed by atoms with Crippen molar-refractivity contribution < 1.29 is 9.26 Å². The summed E-state index contributed by atoms with van der Waals surface area (Å²) in [4.78, 5) is 6.60. The van der Waals surface area contributed by atoms with E-state index in [1.807, 2.05) is 0 Å². The van der Waals surface area contributed by atoms with Crippen molar-refractivity contribution in [3.63, 3.8) is 0 Å². The first kappa shape index (κ1) is 13.7. The van der Waals surface area contributed by atoms with E-state index in [2.05, 4.69) is 55.2 Å². The van der Waals surface area contributed by atoms with E-state index < -0.39 is 0 Å². The second-order valence-electron chi connectivity index (χ2n) is 4.89. The first-order valence-corrected chi connectivity index (χ1v) is 7.38. The zero-order chi connectivity index (χ0) is 13.9. The minimum absolute atomic E-state index is 0.100. The quantitative estimate of drug-likeness (QED) is 0.861. The van der Waals surface area contributed by atoms with Gasteiger partial charge >= 0.3 is 0 Å². The molecule has 0 aliphatic carbocycles. The van der Waals surface area contributed by atoms with Crippen LogP contribution in [0.3, 0.4) is 0 Å². The Balaban J connectivity index is 1.64. The lowest BCUT2D eigenvalue weighted by atomic mass is 10.2. The molecule has 106 valence electrons. The summed E-state index contributed by atoms with van der Waals surface area (Å²) in [7, 11) is 0. The SMILES string of the molecule is Cc1nc(C2CN(Cc3ccc(Br)cc3)CCO2)no1. The number of ether oxygens (including phenoxy) is 1. The third-order valence-electron chi connectivity index (χ3n) is 3.30. The number of rotatable bonds is 3. The van der Waals surface area contributed by atoms with Crippen LogP contribution in [0.1, 0.15) is 23.4 Å². The van der Waals surface area contributed by atoms with Crippen molar-refractivity contribution >= 4 is 15.9 Å². The van der Waals surface area contributed by atoms with Crippen LogP contribution in [0.2, 0.25) is 0 Å². The normalized spacial score (nSPS) is 20.2. The maximum Gasteiger partial charge on any atom is 0.223 e. The largest absolute Gasteiger partial charge is 0.367 e. The predicted molar refractivity (Wildman–Crippen MR) is 77.1 cm³/mol. The highest BCUT2D eigenvalue weighted by molar-refractivity contribution is 9.10. The molecule has 6 heteroatoms. The van der Waals surface area contributed by atoms with Gasteiger partial charge in [-0.2, -0.15) is 4.98 Å². The number of benzene rings is 1. The highest BCUT2D eigenvalue weighted by Crippen LogP contribution is 2.21. The molecule has 0 radical (unpaired) electrons. The Labute approximate surface area is 126 Å². The number of hydrogen-bond acceptors (Lipinski definition) is 5. The third kappa shape index (κ3) is 3.26. The number of morpholine rings is 1. The summed E-state index contributed by atoms with van der Waals surface area (Å²) in [5.74, 6) is 1.22. The minimum Gasteiger partial charge on any atom is -0.367 e. The van der Waals surface area contributed by atoms with Crippen molar-refractivity contribution in [1.82, 2.24) is 15.0 Å². The standard InChI is InChI=1S/C14H16BrN3O2/c1-10-16-14(17-20-10)13-9-18(6-7-19-13)8-11-2-4-12(15)5-3-11/h2-5,13H,6-9H2,1H3. The maximum absolute atomic E-state index is 5.73. The van der Waals surface area contributed by atoms with E-state index in [0.29, 0.717) is 18.3 Å². The summed E-state index contributed by atoms with van der Waals surface area (Å²) in [6.45, 7) is 5.09. The molecule has 3 rings (SSSR count). The molecular formula is C14H16BrN3O2. The lowest BCUT2D eigenvalue weighted by molar-refractivity contribution is -0.0380. The van der Waals surface area contributed by atoms with E-state index in [9.17, 15) is 0 Å². The Morgan fingerprint density at radius 1 is 1.35 bits per heavy atom. The molecule has 1 aliphatic heterocycles. The Morgan fingerprint density at radius 2 is 2.15 bits per heavy atom. The van der Waals surface area contributed by atoms with Crippen LogP contribution in [-0.4, -0.2) is 34.7 Å². The van der Waals surface area contributed by atoms with Gasteiger partial charge < -0.3 is 9.26 Å². The molecule has 1 saturated heterocycles. The Hall–Kier alpha value is -1.24. The molecule has 5 nitrogen and oxygen atoms in total. The first-order chi connectivity index (χ1) is 9.70. The van der Waals surface area contributed by atoms with Crippen LogP contribution >= 0.6 is 15.9 Å².